The van der Waals surface area contributed by atoms with Gasteiger partial charge in [-0.1, -0.05) is 17.7 Å². The number of carbonyl (C=O) groups excluding carboxylic acids is 1. The highest BCUT2D eigenvalue weighted by Crippen LogP contribution is 2.23. The minimum Gasteiger partial charge on any atom is -0.481 e. The van der Waals surface area contributed by atoms with Gasteiger partial charge in [0.1, 0.15) is 17.3 Å². The molecule has 0 bridgehead atoms. The molecule has 1 aromatic heterocycles. The highest BCUT2D eigenvalue weighted by Gasteiger charge is 2.22. The number of amides is 1. The third kappa shape index (κ3) is 4.10. The zero-order valence-corrected chi connectivity index (χ0v) is 13.3. The predicted octanol–water partition coefficient (Wildman–Crippen LogP) is 3.63. The van der Waals surface area contributed by atoms with Crippen LogP contribution in [0.15, 0.2) is 28.7 Å². The van der Waals surface area contributed by atoms with Crippen LogP contribution in [0.1, 0.15) is 39.9 Å². The molecule has 1 amide bonds. The largest absolute Gasteiger partial charge is 0.481 e. The second-order valence-electron chi connectivity index (χ2n) is 5.12. The van der Waals surface area contributed by atoms with Gasteiger partial charge >= 0.3 is 5.97 Å². The molecule has 1 heterocycles. The molecule has 2 rings (SSSR count). The molecule has 23 heavy (non-hydrogen) atoms. The van der Waals surface area contributed by atoms with Gasteiger partial charge in [-0.15, -0.1) is 0 Å². The van der Waals surface area contributed by atoms with Crippen molar-refractivity contribution in [1.29, 1.82) is 0 Å². The van der Waals surface area contributed by atoms with Gasteiger partial charge in [-0.2, -0.15) is 0 Å². The van der Waals surface area contributed by atoms with Gasteiger partial charge in [0.25, 0.3) is 5.91 Å². The van der Waals surface area contributed by atoms with Crippen LogP contribution in [0.3, 0.4) is 0 Å². The summed E-state index contributed by atoms with van der Waals surface area (Å²) in [4.78, 5) is 23.3. The lowest BCUT2D eigenvalue weighted by atomic mass is 10.0. The smallest absolute Gasteiger partial charge is 0.305 e. The average molecular weight is 340 g/mol. The normalized spacial score (nSPS) is 12.0. The summed E-state index contributed by atoms with van der Waals surface area (Å²) in [6.45, 7) is 3.34. The Bertz CT molecular complexity index is 757. The maximum Gasteiger partial charge on any atom is 0.305 e. The number of nitrogens with one attached hydrogen (secondary N) is 1. The molecule has 1 atom stereocenters. The molecule has 0 fully saturated rings. The van der Waals surface area contributed by atoms with E-state index in [4.69, 9.17) is 21.1 Å². The number of halogens is 2. The molecular formula is C16H15ClFNO4. The fourth-order valence-corrected chi connectivity index (χ4v) is 2.37. The topological polar surface area (TPSA) is 79.5 Å². The lowest BCUT2D eigenvalue weighted by molar-refractivity contribution is -0.137. The van der Waals surface area contributed by atoms with Crippen LogP contribution in [0.5, 0.6) is 0 Å². The second kappa shape index (κ2) is 6.83. The molecule has 0 saturated carbocycles. The number of rotatable bonds is 5. The number of carbonyl (C=O) groups is 2. The molecule has 0 aliphatic heterocycles. The summed E-state index contributed by atoms with van der Waals surface area (Å²) in [5, 5.41) is 11.5. The molecule has 2 aromatic rings. The van der Waals surface area contributed by atoms with Crippen molar-refractivity contribution in [2.45, 2.75) is 26.3 Å². The Hall–Kier alpha value is -2.34. The Kier molecular flexibility index (Phi) is 5.05. The van der Waals surface area contributed by atoms with Crippen LogP contribution < -0.4 is 5.32 Å². The van der Waals surface area contributed by atoms with Crippen LogP contribution in [0.2, 0.25) is 5.02 Å². The number of furan rings is 1. The predicted molar refractivity (Wildman–Crippen MR) is 82.1 cm³/mol. The lowest BCUT2D eigenvalue weighted by Crippen LogP contribution is -2.30. The number of benzene rings is 1. The third-order valence-electron chi connectivity index (χ3n) is 3.32. The summed E-state index contributed by atoms with van der Waals surface area (Å²) >= 11 is 5.63. The zero-order valence-electron chi connectivity index (χ0n) is 12.5. The van der Waals surface area contributed by atoms with Gasteiger partial charge in [-0.05, 0) is 37.6 Å². The first-order chi connectivity index (χ1) is 10.8. The number of hydrogen-bond donors (Lipinski definition) is 2. The van der Waals surface area contributed by atoms with Crippen molar-refractivity contribution in [1.82, 2.24) is 5.32 Å². The van der Waals surface area contributed by atoms with E-state index in [9.17, 15) is 14.0 Å². The van der Waals surface area contributed by atoms with Crippen molar-refractivity contribution in [2.75, 3.05) is 0 Å². The van der Waals surface area contributed by atoms with Crippen molar-refractivity contribution in [3.8, 4) is 0 Å². The summed E-state index contributed by atoms with van der Waals surface area (Å²) in [5.41, 5.74) is 0.632. The van der Waals surface area contributed by atoms with E-state index < -0.39 is 23.7 Å². The number of hydrogen-bond acceptors (Lipinski definition) is 3. The lowest BCUT2D eigenvalue weighted by Gasteiger charge is -2.17. The monoisotopic (exact) mass is 339 g/mol. The maximum atomic E-state index is 13.6. The standard InChI is InChI=1S/C16H15ClFNO4/c1-8-5-11(9(2)23-8)16(22)19-14(7-15(20)21)10-3-4-12(17)13(18)6-10/h3-6,14H,7H2,1-2H3,(H,19,22)(H,20,21). The van der Waals surface area contributed by atoms with Crippen LogP contribution in [-0.4, -0.2) is 17.0 Å². The van der Waals surface area contributed by atoms with Crippen LogP contribution in [0, 0.1) is 19.7 Å². The van der Waals surface area contributed by atoms with E-state index in [0.717, 1.165) is 6.07 Å². The molecule has 5 nitrogen and oxygen atoms in total. The third-order valence-corrected chi connectivity index (χ3v) is 3.62. The summed E-state index contributed by atoms with van der Waals surface area (Å²) in [6, 6.07) is 4.59. The van der Waals surface area contributed by atoms with Crippen LogP contribution in [-0.2, 0) is 4.79 Å². The molecule has 122 valence electrons. The number of carboxylic acid groups (broad SMARTS) is 1. The van der Waals surface area contributed by atoms with Gasteiger partial charge in [0.05, 0.1) is 23.0 Å². The summed E-state index contributed by atoms with van der Waals surface area (Å²) in [5.74, 6) is -1.29. The molecule has 0 aliphatic rings. The van der Waals surface area contributed by atoms with E-state index in [2.05, 4.69) is 5.32 Å². The van der Waals surface area contributed by atoms with Gasteiger partial charge < -0.3 is 14.8 Å². The highest BCUT2D eigenvalue weighted by molar-refractivity contribution is 6.30. The van der Waals surface area contributed by atoms with Gasteiger partial charge in [0.15, 0.2) is 0 Å². The zero-order chi connectivity index (χ0) is 17.1. The van der Waals surface area contributed by atoms with E-state index in [1.807, 2.05) is 0 Å². The minimum atomic E-state index is -1.12. The summed E-state index contributed by atoms with van der Waals surface area (Å²) in [7, 11) is 0. The molecular weight excluding hydrogens is 325 g/mol. The Morgan fingerprint density at radius 2 is 2.04 bits per heavy atom. The van der Waals surface area contributed by atoms with Crippen LogP contribution >= 0.6 is 11.6 Å². The SMILES string of the molecule is Cc1cc(C(=O)NC(CC(=O)O)c2ccc(Cl)c(F)c2)c(C)o1. The number of aryl methyl sites for hydroxylation is 2. The fraction of sp³-hybridized carbons (Fsp3) is 0.250. The van der Waals surface area contributed by atoms with Crippen LogP contribution in [0.25, 0.3) is 0 Å². The maximum absolute atomic E-state index is 13.6. The van der Waals surface area contributed by atoms with E-state index in [1.54, 1.807) is 19.9 Å². The van der Waals surface area contributed by atoms with Gasteiger partial charge in [0.2, 0.25) is 0 Å². The highest BCUT2D eigenvalue weighted by atomic mass is 35.5. The van der Waals surface area contributed by atoms with Crippen molar-refractivity contribution >= 4 is 23.5 Å². The second-order valence-corrected chi connectivity index (χ2v) is 5.53. The molecule has 0 radical (unpaired) electrons. The van der Waals surface area contributed by atoms with E-state index >= 15 is 0 Å². The molecule has 1 aromatic carbocycles. The Labute approximate surface area is 137 Å². The van der Waals surface area contributed by atoms with Crippen molar-refractivity contribution in [3.63, 3.8) is 0 Å². The molecule has 0 saturated heterocycles. The first-order valence-corrected chi connectivity index (χ1v) is 7.20. The van der Waals surface area contributed by atoms with Gasteiger partial charge in [0, 0.05) is 0 Å². The molecule has 2 N–H and O–H groups in total. The van der Waals surface area contributed by atoms with Crippen molar-refractivity contribution in [2.24, 2.45) is 0 Å². The molecule has 0 aliphatic carbocycles. The average Bonchev–Trinajstić information content (AvgIpc) is 2.79. The Morgan fingerprint density at radius 1 is 1.35 bits per heavy atom. The molecule has 0 spiro atoms. The van der Waals surface area contributed by atoms with E-state index in [0.29, 0.717) is 22.6 Å². The first kappa shape index (κ1) is 17.0. The minimum absolute atomic E-state index is 0.0737. The summed E-state index contributed by atoms with van der Waals surface area (Å²) < 4.78 is 18.9. The Balaban J connectivity index is 2.28. The molecule has 7 heteroatoms. The van der Waals surface area contributed by atoms with Crippen molar-refractivity contribution in [3.05, 3.63) is 57.8 Å². The number of carboxylic acids is 1. The first-order valence-electron chi connectivity index (χ1n) is 6.82. The number of aliphatic carboxylic acids is 1. The molecule has 1 unspecified atom stereocenters. The van der Waals surface area contributed by atoms with Crippen LogP contribution in [0.4, 0.5) is 4.39 Å². The Morgan fingerprint density at radius 3 is 2.57 bits per heavy atom. The quantitative estimate of drug-likeness (QED) is 0.871. The van der Waals surface area contributed by atoms with Gasteiger partial charge in [-0.3, -0.25) is 9.59 Å². The van der Waals surface area contributed by atoms with E-state index in [-0.39, 0.29) is 11.4 Å². The van der Waals surface area contributed by atoms with E-state index in [1.165, 1.54) is 12.1 Å². The van der Waals surface area contributed by atoms with Crippen molar-refractivity contribution < 1.29 is 23.5 Å². The summed E-state index contributed by atoms with van der Waals surface area (Å²) in [6.07, 6.45) is -0.386. The fourth-order valence-electron chi connectivity index (χ4n) is 2.25. The van der Waals surface area contributed by atoms with Gasteiger partial charge in [-0.25, -0.2) is 4.39 Å².